The molecule has 1 saturated heterocycles. The number of thioether (sulfide) groups is 1. The highest BCUT2D eigenvalue weighted by Crippen LogP contribution is 2.38. The van der Waals surface area contributed by atoms with E-state index in [9.17, 15) is 9.59 Å². The molecule has 5 nitrogen and oxygen atoms in total. The lowest BCUT2D eigenvalue weighted by molar-refractivity contribution is -0.123. The van der Waals surface area contributed by atoms with E-state index in [-0.39, 0.29) is 24.3 Å². The van der Waals surface area contributed by atoms with Crippen molar-refractivity contribution in [3.05, 3.63) is 61.0 Å². The fraction of sp³-hybridized carbons (Fsp3) is 0.143. The Bertz CT molecular complexity index is 1050. The number of nitrogens with zero attached hydrogens (tertiary/aromatic N) is 1. The molecule has 1 aliphatic heterocycles. The lowest BCUT2D eigenvalue weighted by atomic mass is 10.1. The van der Waals surface area contributed by atoms with Gasteiger partial charge in [-0.2, -0.15) is 0 Å². The fourth-order valence-electron chi connectivity index (χ4n) is 2.66. The van der Waals surface area contributed by atoms with E-state index in [0.29, 0.717) is 32.6 Å². The molecule has 1 aliphatic rings. The highest BCUT2D eigenvalue weighted by atomic mass is 127. The molecule has 0 N–H and O–H groups in total. The third kappa shape index (κ3) is 4.89. The molecular formula is C21H15ClINO4S. The number of carbonyl (C=O) groups is 2. The van der Waals surface area contributed by atoms with E-state index in [0.717, 1.165) is 15.3 Å². The molecule has 0 saturated carbocycles. The Hall–Kier alpha value is -2.15. The van der Waals surface area contributed by atoms with Crippen LogP contribution in [-0.4, -0.2) is 29.8 Å². The summed E-state index contributed by atoms with van der Waals surface area (Å²) in [4.78, 5) is 26.7. The molecule has 8 heteroatoms. The van der Waals surface area contributed by atoms with E-state index in [1.54, 1.807) is 30.3 Å². The van der Waals surface area contributed by atoms with Gasteiger partial charge in [0.2, 0.25) is 0 Å². The van der Waals surface area contributed by atoms with Crippen molar-refractivity contribution in [3.8, 4) is 23.8 Å². The lowest BCUT2D eigenvalue weighted by Crippen LogP contribution is -2.27. The second-order valence-corrected chi connectivity index (χ2v) is 8.45. The molecule has 2 aromatic carbocycles. The molecule has 0 bridgehead atoms. The van der Waals surface area contributed by atoms with Crippen molar-refractivity contribution in [3.63, 3.8) is 0 Å². The highest BCUT2D eigenvalue weighted by Gasteiger charge is 2.35. The van der Waals surface area contributed by atoms with Crippen LogP contribution in [0.4, 0.5) is 4.79 Å². The number of imide groups is 1. The number of amides is 2. The molecular weight excluding hydrogens is 525 g/mol. The summed E-state index contributed by atoms with van der Waals surface area (Å²) >= 11 is 9.16. The summed E-state index contributed by atoms with van der Waals surface area (Å²) in [6.45, 7) is 0.244. The van der Waals surface area contributed by atoms with Gasteiger partial charge in [0.25, 0.3) is 11.1 Å². The molecule has 2 amide bonds. The Morgan fingerprint density at radius 3 is 2.76 bits per heavy atom. The first-order chi connectivity index (χ1) is 13.9. The van der Waals surface area contributed by atoms with E-state index in [1.807, 2.05) is 12.1 Å². The van der Waals surface area contributed by atoms with Gasteiger partial charge in [-0.15, -0.1) is 6.42 Å². The summed E-state index contributed by atoms with van der Waals surface area (Å²) in [5, 5.41) is 0.175. The smallest absolute Gasteiger partial charge is 0.293 e. The van der Waals surface area contributed by atoms with Crippen LogP contribution in [0.25, 0.3) is 6.08 Å². The second-order valence-electron chi connectivity index (χ2n) is 5.89. The monoisotopic (exact) mass is 539 g/mol. The third-order valence-corrected chi connectivity index (χ3v) is 6.09. The van der Waals surface area contributed by atoms with Crippen LogP contribution in [0.1, 0.15) is 11.1 Å². The first-order valence-electron chi connectivity index (χ1n) is 8.37. The molecule has 2 aromatic rings. The van der Waals surface area contributed by atoms with Gasteiger partial charge in [0.05, 0.1) is 22.1 Å². The number of hydrogen-bond donors (Lipinski definition) is 0. The Kier molecular flexibility index (Phi) is 7.11. The molecule has 148 valence electrons. The van der Waals surface area contributed by atoms with Crippen LogP contribution in [0.3, 0.4) is 0 Å². The fourth-order valence-corrected chi connectivity index (χ4v) is 4.48. The Morgan fingerprint density at radius 1 is 1.31 bits per heavy atom. The summed E-state index contributed by atoms with van der Waals surface area (Å²) in [5.41, 5.74) is 1.42. The van der Waals surface area contributed by atoms with E-state index >= 15 is 0 Å². The van der Waals surface area contributed by atoms with Crippen molar-refractivity contribution < 1.29 is 19.1 Å². The van der Waals surface area contributed by atoms with Gasteiger partial charge in [0.1, 0.15) is 6.61 Å². The Balaban J connectivity index is 1.87. The zero-order valence-corrected chi connectivity index (χ0v) is 19.0. The van der Waals surface area contributed by atoms with Gasteiger partial charge in [0.15, 0.2) is 11.5 Å². The number of rotatable bonds is 6. The van der Waals surface area contributed by atoms with Crippen molar-refractivity contribution in [2.45, 2.75) is 6.54 Å². The molecule has 0 spiro atoms. The van der Waals surface area contributed by atoms with Crippen LogP contribution >= 0.6 is 46.0 Å². The quantitative estimate of drug-likeness (QED) is 0.287. The number of terminal acetylenes is 1. The predicted molar refractivity (Wildman–Crippen MR) is 123 cm³/mol. The summed E-state index contributed by atoms with van der Waals surface area (Å²) in [7, 11) is 1.52. The van der Waals surface area contributed by atoms with E-state index in [4.69, 9.17) is 27.5 Å². The van der Waals surface area contributed by atoms with E-state index < -0.39 is 0 Å². The second kappa shape index (κ2) is 9.57. The molecule has 3 rings (SSSR count). The third-order valence-electron chi connectivity index (χ3n) is 4.01. The van der Waals surface area contributed by atoms with Gasteiger partial charge in [-0.05, 0) is 69.8 Å². The number of hydrogen-bond acceptors (Lipinski definition) is 5. The molecule has 0 atom stereocenters. The molecule has 0 radical (unpaired) electrons. The number of methoxy groups -OCH3 is 1. The minimum Gasteiger partial charge on any atom is -0.493 e. The number of benzene rings is 2. The maximum atomic E-state index is 12.8. The molecule has 0 unspecified atom stereocenters. The first-order valence-corrected chi connectivity index (χ1v) is 10.6. The standard InChI is InChI=1S/C21H15ClINO4S/c1-3-8-28-19-16(23)9-13(10-17(19)27-2)11-18-20(25)24(21(26)29-18)12-14-6-4-5-7-15(14)22/h1,4-7,9-11H,8,12H2,2H3/b18-11+. The van der Waals surface area contributed by atoms with Gasteiger partial charge in [-0.25, -0.2) is 0 Å². The van der Waals surface area contributed by atoms with Gasteiger partial charge in [-0.3, -0.25) is 14.5 Å². The highest BCUT2D eigenvalue weighted by molar-refractivity contribution is 14.1. The Morgan fingerprint density at radius 2 is 2.07 bits per heavy atom. The van der Waals surface area contributed by atoms with Crippen molar-refractivity contribution in [2.24, 2.45) is 0 Å². The van der Waals surface area contributed by atoms with Crippen molar-refractivity contribution >= 4 is 63.2 Å². The van der Waals surface area contributed by atoms with Crippen LogP contribution in [-0.2, 0) is 11.3 Å². The van der Waals surface area contributed by atoms with Crippen LogP contribution < -0.4 is 9.47 Å². The average molecular weight is 540 g/mol. The van der Waals surface area contributed by atoms with Crippen LogP contribution in [0.2, 0.25) is 5.02 Å². The van der Waals surface area contributed by atoms with Gasteiger partial charge in [0, 0.05) is 5.02 Å². The minimum atomic E-state index is -0.360. The van der Waals surface area contributed by atoms with E-state index in [2.05, 4.69) is 28.5 Å². The predicted octanol–water partition coefficient (Wildman–Crippen LogP) is 5.20. The van der Waals surface area contributed by atoms with Gasteiger partial charge >= 0.3 is 0 Å². The van der Waals surface area contributed by atoms with Gasteiger partial charge in [-0.1, -0.05) is 35.7 Å². The molecule has 1 heterocycles. The maximum absolute atomic E-state index is 12.8. The zero-order chi connectivity index (χ0) is 21.0. The van der Waals surface area contributed by atoms with Crippen LogP contribution in [0.5, 0.6) is 11.5 Å². The number of carbonyl (C=O) groups excluding carboxylic acids is 2. The van der Waals surface area contributed by atoms with Crippen LogP contribution in [0, 0.1) is 15.9 Å². The van der Waals surface area contributed by atoms with Crippen molar-refractivity contribution in [1.29, 1.82) is 0 Å². The van der Waals surface area contributed by atoms with Gasteiger partial charge < -0.3 is 9.47 Å². The lowest BCUT2D eigenvalue weighted by Gasteiger charge is -2.13. The molecule has 29 heavy (non-hydrogen) atoms. The Labute approximate surface area is 191 Å². The average Bonchev–Trinajstić information content (AvgIpc) is 2.95. The summed E-state index contributed by atoms with van der Waals surface area (Å²) in [5.74, 6) is 3.09. The normalized spacial score (nSPS) is 15.0. The first kappa shape index (κ1) is 21.6. The molecule has 0 aliphatic carbocycles. The largest absolute Gasteiger partial charge is 0.493 e. The minimum absolute atomic E-state index is 0.118. The molecule has 0 aromatic heterocycles. The van der Waals surface area contributed by atoms with Crippen LogP contribution in [0.15, 0.2) is 41.3 Å². The van der Waals surface area contributed by atoms with Crippen molar-refractivity contribution in [1.82, 2.24) is 4.90 Å². The topological polar surface area (TPSA) is 55.8 Å². The zero-order valence-electron chi connectivity index (χ0n) is 15.3. The molecule has 1 fully saturated rings. The van der Waals surface area contributed by atoms with Crippen molar-refractivity contribution in [2.75, 3.05) is 13.7 Å². The number of halogens is 2. The maximum Gasteiger partial charge on any atom is 0.293 e. The summed E-state index contributed by atoms with van der Waals surface area (Å²) < 4.78 is 11.7. The SMILES string of the molecule is C#CCOc1c(I)cc(/C=C2/SC(=O)N(Cc3ccccc3Cl)C2=O)cc1OC. The summed E-state index contributed by atoms with van der Waals surface area (Å²) in [6.07, 6.45) is 6.91. The van der Waals surface area contributed by atoms with E-state index in [1.165, 1.54) is 12.0 Å². The number of ether oxygens (including phenoxy) is 2. The summed E-state index contributed by atoms with van der Waals surface area (Å²) in [6, 6.07) is 10.7.